The molecule has 112 valence electrons. The molecule has 2 rings (SSSR count). The first kappa shape index (κ1) is 15.3. The lowest BCUT2D eigenvalue weighted by Gasteiger charge is -2.50. The summed E-state index contributed by atoms with van der Waals surface area (Å²) in [4.78, 5) is 2.60. The highest BCUT2D eigenvalue weighted by molar-refractivity contribution is 5.00. The van der Waals surface area contributed by atoms with Crippen molar-refractivity contribution in [2.24, 2.45) is 17.1 Å². The van der Waals surface area contributed by atoms with Crippen LogP contribution in [0.1, 0.15) is 71.6 Å². The number of likely N-dealkylation sites (N-methyl/N-ethyl adjacent to an activating group) is 1. The lowest BCUT2D eigenvalue weighted by molar-refractivity contribution is 0.0227. The van der Waals surface area contributed by atoms with Crippen molar-refractivity contribution in [1.29, 1.82) is 0 Å². The maximum absolute atomic E-state index is 6.20. The highest BCUT2D eigenvalue weighted by atomic mass is 15.2. The van der Waals surface area contributed by atoms with Crippen molar-refractivity contribution in [3.63, 3.8) is 0 Å². The first-order valence-corrected chi connectivity index (χ1v) is 8.47. The first-order valence-electron chi connectivity index (χ1n) is 8.47. The minimum atomic E-state index is 0.303. The third-order valence-electron chi connectivity index (χ3n) is 6.38. The Labute approximate surface area is 120 Å². The minimum Gasteiger partial charge on any atom is -0.329 e. The van der Waals surface area contributed by atoms with E-state index >= 15 is 0 Å². The molecule has 2 saturated carbocycles. The summed E-state index contributed by atoms with van der Waals surface area (Å²) in [6.07, 6.45) is 12.7. The standard InChI is InChI=1S/C17H34N2/c1-4-15(2)13-19(3)17(14-18)11-9-16(10-12-17)7-5-6-8-16/h15H,4-14,18H2,1-3H3. The van der Waals surface area contributed by atoms with Gasteiger partial charge in [0, 0.05) is 18.6 Å². The molecule has 0 aromatic carbocycles. The zero-order chi connectivity index (χ0) is 13.9. The van der Waals surface area contributed by atoms with Crippen LogP contribution in [0.25, 0.3) is 0 Å². The van der Waals surface area contributed by atoms with Gasteiger partial charge in [0.05, 0.1) is 0 Å². The van der Waals surface area contributed by atoms with E-state index in [0.717, 1.165) is 17.9 Å². The molecular weight excluding hydrogens is 232 g/mol. The molecule has 2 fully saturated rings. The van der Waals surface area contributed by atoms with E-state index in [0.29, 0.717) is 5.54 Å². The van der Waals surface area contributed by atoms with Crippen molar-refractivity contribution < 1.29 is 0 Å². The van der Waals surface area contributed by atoms with E-state index in [1.54, 1.807) is 0 Å². The van der Waals surface area contributed by atoms with Gasteiger partial charge in [0.25, 0.3) is 0 Å². The van der Waals surface area contributed by atoms with Crippen molar-refractivity contribution in [3.05, 3.63) is 0 Å². The molecule has 0 aromatic rings. The van der Waals surface area contributed by atoms with Crippen LogP contribution in [-0.2, 0) is 0 Å². The van der Waals surface area contributed by atoms with Gasteiger partial charge in [0.2, 0.25) is 0 Å². The topological polar surface area (TPSA) is 29.3 Å². The lowest BCUT2D eigenvalue weighted by Crippen LogP contribution is -2.56. The Hall–Kier alpha value is -0.0800. The number of nitrogens with two attached hydrogens (primary N) is 1. The van der Waals surface area contributed by atoms with Crippen LogP contribution in [0.4, 0.5) is 0 Å². The molecule has 0 heterocycles. The summed E-state index contributed by atoms with van der Waals surface area (Å²) in [6.45, 7) is 6.71. The van der Waals surface area contributed by atoms with E-state index in [2.05, 4.69) is 25.8 Å². The number of hydrogen-bond acceptors (Lipinski definition) is 2. The van der Waals surface area contributed by atoms with E-state index in [4.69, 9.17) is 5.73 Å². The van der Waals surface area contributed by atoms with Crippen LogP contribution in [0, 0.1) is 11.3 Å². The number of rotatable bonds is 5. The molecule has 1 spiro atoms. The van der Waals surface area contributed by atoms with E-state index in [1.807, 2.05) is 0 Å². The van der Waals surface area contributed by atoms with Crippen molar-refractivity contribution >= 4 is 0 Å². The molecule has 0 amide bonds. The number of hydrogen-bond donors (Lipinski definition) is 1. The highest BCUT2D eigenvalue weighted by Crippen LogP contribution is 2.52. The predicted octanol–water partition coefficient (Wildman–Crippen LogP) is 3.80. The zero-order valence-corrected chi connectivity index (χ0v) is 13.4. The molecular formula is C17H34N2. The summed E-state index contributed by atoms with van der Waals surface area (Å²) in [6, 6.07) is 0. The maximum Gasteiger partial charge on any atom is 0.0329 e. The Balaban J connectivity index is 1.96. The second-order valence-electron chi connectivity index (χ2n) is 7.53. The summed E-state index contributed by atoms with van der Waals surface area (Å²) >= 11 is 0. The smallest absolute Gasteiger partial charge is 0.0329 e. The van der Waals surface area contributed by atoms with Gasteiger partial charge in [-0.1, -0.05) is 33.1 Å². The molecule has 0 saturated heterocycles. The van der Waals surface area contributed by atoms with E-state index in [-0.39, 0.29) is 0 Å². The normalized spacial score (nSPS) is 27.0. The molecule has 2 aliphatic carbocycles. The summed E-state index contributed by atoms with van der Waals surface area (Å²) in [5, 5.41) is 0. The average Bonchev–Trinajstić information content (AvgIpc) is 2.88. The van der Waals surface area contributed by atoms with Gasteiger partial charge in [-0.15, -0.1) is 0 Å². The van der Waals surface area contributed by atoms with Gasteiger partial charge in [0.1, 0.15) is 0 Å². The van der Waals surface area contributed by atoms with Crippen molar-refractivity contribution in [3.8, 4) is 0 Å². The van der Waals surface area contributed by atoms with Crippen LogP contribution in [0.3, 0.4) is 0 Å². The Bertz CT molecular complexity index is 271. The van der Waals surface area contributed by atoms with Gasteiger partial charge in [-0.25, -0.2) is 0 Å². The molecule has 19 heavy (non-hydrogen) atoms. The maximum atomic E-state index is 6.20. The Kier molecular flexibility index (Phi) is 4.94. The third-order valence-corrected chi connectivity index (χ3v) is 6.38. The van der Waals surface area contributed by atoms with Gasteiger partial charge < -0.3 is 5.73 Å². The quantitative estimate of drug-likeness (QED) is 0.820. The fraction of sp³-hybridized carbons (Fsp3) is 1.00. The molecule has 0 aromatic heterocycles. The van der Waals surface area contributed by atoms with E-state index in [9.17, 15) is 0 Å². The Morgan fingerprint density at radius 1 is 1.05 bits per heavy atom. The van der Waals surface area contributed by atoms with Crippen LogP contribution >= 0.6 is 0 Å². The summed E-state index contributed by atoms with van der Waals surface area (Å²) in [7, 11) is 2.31. The molecule has 0 bridgehead atoms. The monoisotopic (exact) mass is 266 g/mol. The van der Waals surface area contributed by atoms with Gasteiger partial charge in [-0.3, -0.25) is 4.90 Å². The Morgan fingerprint density at radius 2 is 1.63 bits per heavy atom. The van der Waals surface area contributed by atoms with Crippen molar-refractivity contribution in [2.45, 2.75) is 77.2 Å². The SMILES string of the molecule is CCC(C)CN(C)C1(CN)CCC2(CCCC2)CC1. The molecule has 2 nitrogen and oxygen atoms in total. The van der Waals surface area contributed by atoms with Gasteiger partial charge >= 0.3 is 0 Å². The van der Waals surface area contributed by atoms with E-state index in [1.165, 1.54) is 64.3 Å². The number of nitrogens with zero attached hydrogens (tertiary/aromatic N) is 1. The van der Waals surface area contributed by atoms with Gasteiger partial charge in [-0.05, 0) is 56.9 Å². The molecule has 2 aliphatic rings. The fourth-order valence-corrected chi connectivity index (χ4v) is 4.40. The molecule has 2 heteroatoms. The van der Waals surface area contributed by atoms with Crippen molar-refractivity contribution in [2.75, 3.05) is 20.1 Å². The molecule has 1 atom stereocenters. The second kappa shape index (κ2) is 6.13. The van der Waals surface area contributed by atoms with Crippen molar-refractivity contribution in [1.82, 2.24) is 4.90 Å². The molecule has 0 radical (unpaired) electrons. The summed E-state index contributed by atoms with van der Waals surface area (Å²) in [5.74, 6) is 0.788. The molecule has 2 N–H and O–H groups in total. The lowest BCUT2D eigenvalue weighted by atomic mass is 9.66. The minimum absolute atomic E-state index is 0.303. The van der Waals surface area contributed by atoms with Crippen LogP contribution in [0.15, 0.2) is 0 Å². The summed E-state index contributed by atoms with van der Waals surface area (Å²) < 4.78 is 0. The molecule has 0 aliphatic heterocycles. The summed E-state index contributed by atoms with van der Waals surface area (Å²) in [5.41, 5.74) is 7.22. The van der Waals surface area contributed by atoms with Crippen LogP contribution < -0.4 is 5.73 Å². The fourth-order valence-electron chi connectivity index (χ4n) is 4.40. The zero-order valence-electron chi connectivity index (χ0n) is 13.4. The second-order valence-corrected chi connectivity index (χ2v) is 7.53. The van der Waals surface area contributed by atoms with Crippen LogP contribution in [0.2, 0.25) is 0 Å². The Morgan fingerprint density at radius 3 is 2.11 bits per heavy atom. The van der Waals surface area contributed by atoms with Gasteiger partial charge in [0.15, 0.2) is 0 Å². The van der Waals surface area contributed by atoms with Gasteiger partial charge in [-0.2, -0.15) is 0 Å². The van der Waals surface area contributed by atoms with E-state index < -0.39 is 0 Å². The van der Waals surface area contributed by atoms with Crippen LogP contribution in [-0.4, -0.2) is 30.6 Å². The highest BCUT2D eigenvalue weighted by Gasteiger charge is 2.45. The predicted molar refractivity (Wildman–Crippen MR) is 83.2 cm³/mol. The molecule has 1 unspecified atom stereocenters. The first-order chi connectivity index (χ1) is 9.06. The largest absolute Gasteiger partial charge is 0.329 e. The third kappa shape index (κ3) is 3.16. The average molecular weight is 266 g/mol. The van der Waals surface area contributed by atoms with Crippen LogP contribution in [0.5, 0.6) is 0 Å².